The van der Waals surface area contributed by atoms with Crippen molar-refractivity contribution in [3.8, 4) is 11.5 Å². The molecule has 1 rings (SSSR count). The summed E-state index contributed by atoms with van der Waals surface area (Å²) >= 11 is 0. The van der Waals surface area contributed by atoms with Gasteiger partial charge in [-0.3, -0.25) is 4.99 Å². The lowest BCUT2D eigenvalue weighted by Crippen LogP contribution is -2.37. The van der Waals surface area contributed by atoms with Gasteiger partial charge in [0.25, 0.3) is 0 Å². The zero-order valence-corrected chi connectivity index (χ0v) is 15.4. The van der Waals surface area contributed by atoms with Gasteiger partial charge in [-0.15, -0.1) is 24.0 Å². The number of rotatable bonds is 8. The normalized spacial score (nSPS) is 10.7. The van der Waals surface area contributed by atoms with E-state index in [-0.39, 0.29) is 24.0 Å². The van der Waals surface area contributed by atoms with E-state index in [4.69, 9.17) is 15.2 Å². The van der Waals surface area contributed by atoms with Crippen LogP contribution in [-0.4, -0.2) is 44.2 Å². The molecule has 2 N–H and O–H groups in total. The number of hydrogen-bond acceptors (Lipinski definition) is 3. The number of aliphatic imine (C=N–C) groups is 1. The van der Waals surface area contributed by atoms with Crippen molar-refractivity contribution in [3.05, 3.63) is 24.3 Å². The summed E-state index contributed by atoms with van der Waals surface area (Å²) in [6.07, 6.45) is 0.841. The second-order valence-electron chi connectivity index (χ2n) is 4.29. The number of nitrogens with two attached hydrogens (primary N) is 1. The van der Waals surface area contributed by atoms with Gasteiger partial charge < -0.3 is 20.1 Å². The third kappa shape index (κ3) is 7.40. The van der Waals surface area contributed by atoms with Crippen molar-refractivity contribution >= 4 is 29.9 Å². The molecule has 0 spiro atoms. The highest BCUT2D eigenvalue weighted by Crippen LogP contribution is 2.16. The summed E-state index contributed by atoms with van der Waals surface area (Å²) in [6.45, 7) is 7.21. The van der Waals surface area contributed by atoms with Crippen LogP contribution in [0.15, 0.2) is 29.3 Å². The van der Waals surface area contributed by atoms with Crippen LogP contribution in [0.3, 0.4) is 0 Å². The van der Waals surface area contributed by atoms with E-state index in [0.29, 0.717) is 19.1 Å². The van der Waals surface area contributed by atoms with Crippen LogP contribution >= 0.6 is 24.0 Å². The van der Waals surface area contributed by atoms with Gasteiger partial charge >= 0.3 is 0 Å². The summed E-state index contributed by atoms with van der Waals surface area (Å²) in [6, 6.07) is 7.55. The molecule has 0 radical (unpaired) electrons. The van der Waals surface area contributed by atoms with E-state index in [1.807, 2.05) is 29.2 Å². The largest absolute Gasteiger partial charge is 0.497 e. The van der Waals surface area contributed by atoms with Gasteiger partial charge in [0, 0.05) is 26.1 Å². The Balaban J connectivity index is 0.00000400. The maximum absolute atomic E-state index is 5.89. The fourth-order valence-electron chi connectivity index (χ4n) is 1.77. The molecule has 0 saturated carbocycles. The van der Waals surface area contributed by atoms with Crippen LogP contribution in [0.25, 0.3) is 0 Å². The van der Waals surface area contributed by atoms with Crippen molar-refractivity contribution in [2.75, 3.05) is 33.4 Å². The highest BCUT2D eigenvalue weighted by atomic mass is 127. The molecular formula is C15H26IN3O2. The highest BCUT2D eigenvalue weighted by Gasteiger charge is 2.01. The van der Waals surface area contributed by atoms with Crippen LogP contribution in [0.5, 0.6) is 11.5 Å². The maximum atomic E-state index is 5.89. The molecule has 6 heteroatoms. The zero-order valence-electron chi connectivity index (χ0n) is 13.0. The van der Waals surface area contributed by atoms with E-state index in [9.17, 15) is 0 Å². The lowest BCUT2D eigenvalue weighted by molar-refractivity contribution is 0.312. The molecule has 0 saturated heterocycles. The lowest BCUT2D eigenvalue weighted by Gasteiger charge is -2.19. The zero-order chi connectivity index (χ0) is 14.8. The molecule has 5 nitrogen and oxygen atoms in total. The number of benzene rings is 1. The number of methoxy groups -OCH3 is 1. The smallest absolute Gasteiger partial charge is 0.191 e. The topological polar surface area (TPSA) is 60.1 Å². The third-order valence-corrected chi connectivity index (χ3v) is 2.99. The van der Waals surface area contributed by atoms with Gasteiger partial charge in [0.05, 0.1) is 13.7 Å². The first-order valence-electron chi connectivity index (χ1n) is 7.03. The number of ether oxygens (including phenoxy) is 2. The molecule has 0 unspecified atom stereocenters. The van der Waals surface area contributed by atoms with E-state index in [1.165, 1.54) is 0 Å². The summed E-state index contributed by atoms with van der Waals surface area (Å²) in [5.74, 6) is 2.28. The van der Waals surface area contributed by atoms with Crippen LogP contribution in [-0.2, 0) is 0 Å². The van der Waals surface area contributed by atoms with Crippen LogP contribution in [0.1, 0.15) is 20.3 Å². The Morgan fingerprint density at radius 3 is 2.24 bits per heavy atom. The predicted molar refractivity (Wildman–Crippen MR) is 97.9 cm³/mol. The lowest BCUT2D eigenvalue weighted by atomic mass is 10.3. The Morgan fingerprint density at radius 1 is 1.14 bits per heavy atom. The molecule has 1 aromatic carbocycles. The summed E-state index contributed by atoms with van der Waals surface area (Å²) in [5, 5.41) is 0. The highest BCUT2D eigenvalue weighted by molar-refractivity contribution is 14.0. The fraction of sp³-hybridized carbons (Fsp3) is 0.533. The Hall–Kier alpha value is -1.18. The molecule has 0 atom stereocenters. The molecule has 21 heavy (non-hydrogen) atoms. The van der Waals surface area contributed by atoms with Crippen LogP contribution < -0.4 is 15.2 Å². The monoisotopic (exact) mass is 407 g/mol. The number of nitrogens with zero attached hydrogens (tertiary/aromatic N) is 2. The first-order chi connectivity index (χ1) is 9.71. The third-order valence-electron chi connectivity index (χ3n) is 2.99. The summed E-state index contributed by atoms with van der Waals surface area (Å²) in [5.41, 5.74) is 5.89. The van der Waals surface area contributed by atoms with E-state index >= 15 is 0 Å². The fourth-order valence-corrected chi connectivity index (χ4v) is 1.77. The maximum Gasteiger partial charge on any atom is 0.191 e. The molecule has 0 aliphatic heterocycles. The standard InChI is InChI=1S/C15H25N3O2.HI/c1-4-18(5-2)15(16)17-11-6-12-20-14-9-7-13(19-3)8-10-14;/h7-10H,4-6,11-12H2,1-3H3,(H2,16,17);1H. The van der Waals surface area contributed by atoms with Crippen LogP contribution in [0.2, 0.25) is 0 Å². The molecule has 0 heterocycles. The Kier molecular flexibility index (Phi) is 10.8. The molecule has 0 bridgehead atoms. The Labute approximate surface area is 144 Å². The second-order valence-corrected chi connectivity index (χ2v) is 4.29. The minimum atomic E-state index is 0. The van der Waals surface area contributed by atoms with E-state index in [2.05, 4.69) is 18.8 Å². The Bertz CT molecular complexity index is 406. The first-order valence-corrected chi connectivity index (χ1v) is 7.03. The van der Waals surface area contributed by atoms with Gasteiger partial charge in [-0.05, 0) is 38.1 Å². The van der Waals surface area contributed by atoms with Crippen molar-refractivity contribution < 1.29 is 9.47 Å². The van der Waals surface area contributed by atoms with Crippen molar-refractivity contribution in [3.63, 3.8) is 0 Å². The molecule has 0 aliphatic rings. The van der Waals surface area contributed by atoms with Gasteiger partial charge in [0.15, 0.2) is 5.96 Å². The van der Waals surface area contributed by atoms with Crippen molar-refractivity contribution in [2.24, 2.45) is 10.7 Å². The molecular weight excluding hydrogens is 381 g/mol. The SMILES string of the molecule is CCN(CC)C(N)=NCCCOc1ccc(OC)cc1.I. The molecule has 0 fully saturated rings. The number of hydrogen-bond donors (Lipinski definition) is 1. The molecule has 120 valence electrons. The van der Waals surface area contributed by atoms with E-state index in [1.54, 1.807) is 7.11 Å². The van der Waals surface area contributed by atoms with Gasteiger partial charge in [-0.2, -0.15) is 0 Å². The molecule has 1 aromatic rings. The predicted octanol–water partition coefficient (Wildman–Crippen LogP) is 2.74. The quantitative estimate of drug-likeness (QED) is 0.312. The summed E-state index contributed by atoms with van der Waals surface area (Å²) in [4.78, 5) is 6.38. The van der Waals surface area contributed by atoms with Gasteiger partial charge in [0.1, 0.15) is 11.5 Å². The summed E-state index contributed by atoms with van der Waals surface area (Å²) in [7, 11) is 1.65. The van der Waals surface area contributed by atoms with Crippen molar-refractivity contribution in [1.82, 2.24) is 4.90 Å². The van der Waals surface area contributed by atoms with Crippen LogP contribution in [0.4, 0.5) is 0 Å². The van der Waals surface area contributed by atoms with Gasteiger partial charge in [-0.25, -0.2) is 0 Å². The average molecular weight is 407 g/mol. The average Bonchev–Trinajstić information content (AvgIpc) is 2.49. The first kappa shape index (κ1) is 19.8. The second kappa shape index (κ2) is 11.5. The number of halogens is 1. The Morgan fingerprint density at radius 2 is 1.71 bits per heavy atom. The minimum Gasteiger partial charge on any atom is -0.497 e. The van der Waals surface area contributed by atoms with Gasteiger partial charge in [-0.1, -0.05) is 0 Å². The molecule has 0 aromatic heterocycles. The van der Waals surface area contributed by atoms with E-state index < -0.39 is 0 Å². The van der Waals surface area contributed by atoms with Crippen molar-refractivity contribution in [2.45, 2.75) is 20.3 Å². The summed E-state index contributed by atoms with van der Waals surface area (Å²) < 4.78 is 10.7. The van der Waals surface area contributed by atoms with Crippen LogP contribution in [0, 0.1) is 0 Å². The molecule has 0 aliphatic carbocycles. The van der Waals surface area contributed by atoms with E-state index in [0.717, 1.165) is 31.0 Å². The minimum absolute atomic E-state index is 0. The van der Waals surface area contributed by atoms with Gasteiger partial charge in [0.2, 0.25) is 0 Å². The van der Waals surface area contributed by atoms with Crippen molar-refractivity contribution in [1.29, 1.82) is 0 Å². The molecule has 0 amide bonds. The number of guanidine groups is 1.